The Morgan fingerprint density at radius 1 is 1.09 bits per heavy atom. The number of aromatic hydroxyl groups is 1. The molecule has 4 heterocycles. The van der Waals surface area contributed by atoms with E-state index in [-0.39, 0.29) is 47.5 Å². The van der Waals surface area contributed by atoms with Crippen LogP contribution in [0.3, 0.4) is 0 Å². The number of nitrogens with one attached hydrogen (secondary N) is 1. The molecule has 0 amide bonds. The highest BCUT2D eigenvalue weighted by atomic mass is 19.1. The molecule has 1 saturated carbocycles. The van der Waals surface area contributed by atoms with Gasteiger partial charge in [0.1, 0.15) is 41.4 Å². The number of rotatable bonds is 8. The number of alkyl halides is 1. The van der Waals surface area contributed by atoms with E-state index in [0.29, 0.717) is 54.0 Å². The number of fused-ring (bicyclic) bond motifs is 3. The molecule has 7 rings (SSSR count). The average Bonchev–Trinajstić information content (AvgIpc) is 3.55. The number of phenolic OH excluding ortho intramolecular Hbond substituents is 1. The van der Waals surface area contributed by atoms with E-state index < -0.39 is 28.9 Å². The lowest BCUT2D eigenvalue weighted by Crippen LogP contribution is -2.43. The van der Waals surface area contributed by atoms with Crippen LogP contribution in [-0.4, -0.2) is 73.6 Å². The molecule has 238 valence electrons. The molecule has 0 unspecified atom stereocenters. The van der Waals surface area contributed by atoms with Gasteiger partial charge in [-0.25, -0.2) is 13.2 Å². The minimum absolute atomic E-state index is 0.0651. The molecule has 4 aromatic rings. The van der Waals surface area contributed by atoms with Crippen molar-refractivity contribution in [3.8, 4) is 23.0 Å². The van der Waals surface area contributed by atoms with Crippen LogP contribution in [0.1, 0.15) is 63.9 Å². The molecule has 11 heteroatoms. The van der Waals surface area contributed by atoms with E-state index >= 15 is 4.39 Å². The minimum Gasteiger partial charge on any atom is -0.508 e. The second-order valence-electron chi connectivity index (χ2n) is 13.0. The van der Waals surface area contributed by atoms with Gasteiger partial charge in [-0.1, -0.05) is 32.3 Å². The highest BCUT2D eigenvalue weighted by Gasteiger charge is 2.49. The Balaban J connectivity index is 1.33. The van der Waals surface area contributed by atoms with Crippen molar-refractivity contribution in [2.24, 2.45) is 0 Å². The highest BCUT2D eigenvalue weighted by Crippen LogP contribution is 2.41. The summed E-state index contributed by atoms with van der Waals surface area (Å²) in [5.41, 5.74) is -0.903. The molecule has 2 saturated heterocycles. The molecule has 0 radical (unpaired) electrons. The summed E-state index contributed by atoms with van der Waals surface area (Å²) in [6.45, 7) is 3.36. The number of pyridine rings is 1. The summed E-state index contributed by atoms with van der Waals surface area (Å²) in [5.74, 6) is -1.04. The van der Waals surface area contributed by atoms with Gasteiger partial charge in [-0.05, 0) is 73.2 Å². The fourth-order valence-corrected chi connectivity index (χ4v) is 7.74. The van der Waals surface area contributed by atoms with Gasteiger partial charge < -0.3 is 20.3 Å². The molecule has 3 aliphatic rings. The summed E-state index contributed by atoms with van der Waals surface area (Å²) in [5, 5.41) is 26.2. The van der Waals surface area contributed by atoms with E-state index in [1.807, 2.05) is 6.92 Å². The Kier molecular flexibility index (Phi) is 7.72. The zero-order chi connectivity index (χ0) is 31.3. The third kappa shape index (κ3) is 5.43. The molecule has 45 heavy (non-hydrogen) atoms. The predicted octanol–water partition coefficient (Wildman–Crippen LogP) is 6.45. The molecule has 0 spiro atoms. The number of aromatic nitrogens is 3. The maximum atomic E-state index is 16.7. The summed E-state index contributed by atoms with van der Waals surface area (Å²) >= 11 is 0. The fraction of sp³-hybridized carbons (Fsp3) is 0.500. The molecule has 0 bridgehead atoms. The quantitative estimate of drug-likeness (QED) is 0.206. The number of hydrogen-bond acceptors (Lipinski definition) is 8. The lowest BCUT2D eigenvalue weighted by Gasteiger charge is -2.32. The number of aryl methyl sites for hydroxylation is 1. The van der Waals surface area contributed by atoms with Crippen molar-refractivity contribution in [1.29, 1.82) is 0 Å². The monoisotopic (exact) mass is 621 g/mol. The maximum Gasteiger partial charge on any atom is 0.319 e. The van der Waals surface area contributed by atoms with Crippen molar-refractivity contribution in [2.75, 3.05) is 31.6 Å². The Hall–Kier alpha value is -3.70. The van der Waals surface area contributed by atoms with Crippen molar-refractivity contribution in [1.82, 2.24) is 19.9 Å². The van der Waals surface area contributed by atoms with Crippen LogP contribution in [0.4, 0.5) is 19.0 Å². The SMILES string of the molecule is CCc1c(F)ccc2cc(O)cc(-c3ncc4c(NCC5(O)CCCCC5)nc(OC[C@@]56CCCN5C[C@H](F)C6)nc4c3F)c12. The second kappa shape index (κ2) is 11.6. The van der Waals surface area contributed by atoms with Crippen molar-refractivity contribution >= 4 is 27.5 Å². The Bertz CT molecular complexity index is 1770. The Labute approximate surface area is 259 Å². The van der Waals surface area contributed by atoms with Crippen LogP contribution in [0.15, 0.2) is 30.5 Å². The number of benzene rings is 2. The van der Waals surface area contributed by atoms with Crippen LogP contribution in [0.25, 0.3) is 32.9 Å². The van der Waals surface area contributed by atoms with Crippen molar-refractivity contribution in [3.05, 3.63) is 47.7 Å². The van der Waals surface area contributed by atoms with Gasteiger partial charge in [0.25, 0.3) is 0 Å². The van der Waals surface area contributed by atoms with E-state index in [0.717, 1.165) is 38.6 Å². The maximum absolute atomic E-state index is 16.7. The van der Waals surface area contributed by atoms with Gasteiger partial charge in [0.2, 0.25) is 0 Å². The summed E-state index contributed by atoms with van der Waals surface area (Å²) < 4.78 is 52.1. The summed E-state index contributed by atoms with van der Waals surface area (Å²) in [6.07, 6.45) is 7.18. The van der Waals surface area contributed by atoms with Gasteiger partial charge in [-0.2, -0.15) is 9.97 Å². The topological polar surface area (TPSA) is 104 Å². The number of hydrogen-bond donors (Lipinski definition) is 3. The van der Waals surface area contributed by atoms with Crippen molar-refractivity contribution < 1.29 is 28.1 Å². The number of ether oxygens (including phenoxy) is 1. The summed E-state index contributed by atoms with van der Waals surface area (Å²) in [6, 6.07) is 5.72. The molecule has 8 nitrogen and oxygen atoms in total. The molecule has 2 aromatic carbocycles. The van der Waals surface area contributed by atoms with E-state index in [1.165, 1.54) is 24.4 Å². The Morgan fingerprint density at radius 3 is 2.71 bits per heavy atom. The van der Waals surface area contributed by atoms with Gasteiger partial charge >= 0.3 is 6.01 Å². The number of anilines is 1. The van der Waals surface area contributed by atoms with Gasteiger partial charge in [-0.3, -0.25) is 9.88 Å². The lowest BCUT2D eigenvalue weighted by molar-refractivity contribution is 0.0166. The smallest absolute Gasteiger partial charge is 0.319 e. The second-order valence-corrected chi connectivity index (χ2v) is 13.0. The van der Waals surface area contributed by atoms with Crippen molar-refractivity contribution in [2.45, 2.75) is 82.0 Å². The van der Waals surface area contributed by atoms with Crippen LogP contribution in [0.5, 0.6) is 11.8 Å². The largest absolute Gasteiger partial charge is 0.508 e. The van der Waals surface area contributed by atoms with E-state index in [1.54, 1.807) is 6.07 Å². The zero-order valence-corrected chi connectivity index (χ0v) is 25.4. The van der Waals surface area contributed by atoms with Crippen LogP contribution in [0, 0.1) is 11.6 Å². The first-order valence-corrected chi connectivity index (χ1v) is 16.0. The average molecular weight is 622 g/mol. The molecular weight excluding hydrogens is 583 g/mol. The van der Waals surface area contributed by atoms with Crippen LogP contribution in [-0.2, 0) is 6.42 Å². The third-order valence-electron chi connectivity index (χ3n) is 10.0. The van der Waals surface area contributed by atoms with Crippen LogP contribution in [0.2, 0.25) is 0 Å². The van der Waals surface area contributed by atoms with E-state index in [4.69, 9.17) is 4.74 Å². The first-order valence-electron chi connectivity index (χ1n) is 16.0. The first kappa shape index (κ1) is 30.0. The molecule has 2 atom stereocenters. The normalized spacial score (nSPS) is 23.1. The van der Waals surface area contributed by atoms with Gasteiger partial charge in [0.15, 0.2) is 5.82 Å². The molecule has 3 fully saturated rings. The van der Waals surface area contributed by atoms with Crippen LogP contribution < -0.4 is 10.1 Å². The zero-order valence-electron chi connectivity index (χ0n) is 25.4. The lowest BCUT2D eigenvalue weighted by atomic mass is 9.85. The van der Waals surface area contributed by atoms with Gasteiger partial charge in [0.05, 0.1) is 16.5 Å². The number of phenols is 1. The minimum atomic E-state index is -0.930. The molecule has 2 aliphatic heterocycles. The number of nitrogens with zero attached hydrogens (tertiary/aromatic N) is 4. The standard InChI is InChI=1S/C34H38F3N5O3/c1-2-23-26(36)8-7-20-13-22(43)14-24(27(20)23)29-28(37)30-25(16-38-29)31(39-18-34(44)10-4-3-5-11-34)41-32(40-30)45-19-33-9-6-12-42(33)17-21(35)15-33/h7-8,13-14,16,21,43-44H,2-6,9-12,15,17-19H2,1H3,(H,39,40,41)/t21-,33+/m1/s1. The van der Waals surface area contributed by atoms with Crippen LogP contribution >= 0.6 is 0 Å². The number of aliphatic hydroxyl groups is 1. The van der Waals surface area contributed by atoms with Gasteiger partial charge in [0, 0.05) is 31.3 Å². The van der Waals surface area contributed by atoms with E-state index in [2.05, 4.69) is 25.2 Å². The predicted molar refractivity (Wildman–Crippen MR) is 166 cm³/mol. The number of halogens is 3. The molecular formula is C34H38F3N5O3. The highest BCUT2D eigenvalue weighted by molar-refractivity contribution is 6.01. The van der Waals surface area contributed by atoms with E-state index in [9.17, 15) is 19.0 Å². The summed E-state index contributed by atoms with van der Waals surface area (Å²) in [7, 11) is 0. The molecule has 2 aromatic heterocycles. The molecule has 1 aliphatic carbocycles. The summed E-state index contributed by atoms with van der Waals surface area (Å²) in [4.78, 5) is 15.7. The first-order chi connectivity index (χ1) is 21.7. The Morgan fingerprint density at radius 2 is 1.91 bits per heavy atom. The fourth-order valence-electron chi connectivity index (χ4n) is 7.74. The van der Waals surface area contributed by atoms with Gasteiger partial charge in [-0.15, -0.1) is 0 Å². The van der Waals surface area contributed by atoms with Crippen molar-refractivity contribution in [3.63, 3.8) is 0 Å². The molecule has 3 N–H and O–H groups in total. The third-order valence-corrected chi connectivity index (χ3v) is 10.0.